The molecule has 1 unspecified atom stereocenters. The van der Waals surface area contributed by atoms with Gasteiger partial charge >= 0.3 is 6.09 Å². The molecule has 29 heavy (non-hydrogen) atoms. The molecule has 1 fully saturated rings. The van der Waals surface area contributed by atoms with Crippen molar-refractivity contribution in [2.45, 2.75) is 51.7 Å². The molecule has 0 aromatic heterocycles. The number of likely N-dealkylation sites (tertiary alicyclic amines) is 1. The molecule has 0 bridgehead atoms. The summed E-state index contributed by atoms with van der Waals surface area (Å²) in [4.78, 5) is 28.3. The molecule has 1 aromatic rings. The van der Waals surface area contributed by atoms with Gasteiger partial charge in [0.2, 0.25) is 5.91 Å². The minimum Gasteiger partial charge on any atom is -0.496 e. The SMILES string of the molecule is COc1ccccc1C(CNC(=O)CN(C)C(=O)OC(C)(C)C)N1CCCCC1. The lowest BCUT2D eigenvalue weighted by Crippen LogP contribution is -2.44. The smallest absolute Gasteiger partial charge is 0.410 e. The van der Waals surface area contributed by atoms with Gasteiger partial charge in [-0.1, -0.05) is 24.6 Å². The molecule has 1 aliphatic rings. The minimum absolute atomic E-state index is 0.0298. The average molecular weight is 406 g/mol. The van der Waals surface area contributed by atoms with E-state index in [0.29, 0.717) is 6.54 Å². The van der Waals surface area contributed by atoms with Gasteiger partial charge in [0.1, 0.15) is 17.9 Å². The number of carbonyl (C=O) groups is 2. The molecule has 2 amide bonds. The van der Waals surface area contributed by atoms with E-state index in [2.05, 4.69) is 16.3 Å². The van der Waals surface area contributed by atoms with Crippen LogP contribution in [0.25, 0.3) is 0 Å². The third-order valence-corrected chi connectivity index (χ3v) is 4.91. The van der Waals surface area contributed by atoms with Crippen molar-refractivity contribution in [2.75, 3.05) is 40.3 Å². The summed E-state index contributed by atoms with van der Waals surface area (Å²) in [5, 5.41) is 2.99. The Balaban J connectivity index is 2.02. The highest BCUT2D eigenvalue weighted by atomic mass is 16.6. The van der Waals surface area contributed by atoms with Gasteiger partial charge in [-0.2, -0.15) is 0 Å². The first-order valence-corrected chi connectivity index (χ1v) is 10.3. The second-order valence-electron chi connectivity index (χ2n) is 8.49. The fourth-order valence-corrected chi connectivity index (χ4v) is 3.49. The number of ether oxygens (including phenoxy) is 2. The number of hydrogen-bond acceptors (Lipinski definition) is 5. The predicted octanol–water partition coefficient (Wildman–Crippen LogP) is 3.21. The van der Waals surface area contributed by atoms with Crippen LogP contribution in [0.3, 0.4) is 0 Å². The summed E-state index contributed by atoms with van der Waals surface area (Å²) in [6, 6.07) is 7.97. The van der Waals surface area contributed by atoms with Gasteiger partial charge < -0.3 is 19.7 Å². The Morgan fingerprint density at radius 2 is 1.83 bits per heavy atom. The molecule has 2 rings (SSSR count). The molecule has 0 spiro atoms. The molecule has 0 radical (unpaired) electrons. The van der Waals surface area contributed by atoms with E-state index >= 15 is 0 Å². The average Bonchev–Trinajstić information content (AvgIpc) is 2.68. The molecular formula is C22H35N3O4. The Bertz CT molecular complexity index is 681. The summed E-state index contributed by atoms with van der Waals surface area (Å²) in [5.74, 6) is 0.610. The summed E-state index contributed by atoms with van der Waals surface area (Å²) >= 11 is 0. The number of para-hydroxylation sites is 1. The Morgan fingerprint density at radius 3 is 2.45 bits per heavy atom. The van der Waals surface area contributed by atoms with Crippen LogP contribution in [-0.4, -0.2) is 67.7 Å². The second-order valence-corrected chi connectivity index (χ2v) is 8.49. The Kier molecular flexibility index (Phi) is 8.32. The van der Waals surface area contributed by atoms with Crippen molar-refractivity contribution < 1.29 is 19.1 Å². The van der Waals surface area contributed by atoms with Crippen LogP contribution in [-0.2, 0) is 9.53 Å². The van der Waals surface area contributed by atoms with Crippen LogP contribution in [0, 0.1) is 0 Å². The van der Waals surface area contributed by atoms with Crippen LogP contribution in [0.5, 0.6) is 5.75 Å². The fourth-order valence-electron chi connectivity index (χ4n) is 3.49. The monoisotopic (exact) mass is 405 g/mol. The Labute approximate surface area is 174 Å². The number of piperidine rings is 1. The molecule has 1 N–H and O–H groups in total. The number of carbonyl (C=O) groups excluding carboxylic acids is 2. The lowest BCUT2D eigenvalue weighted by atomic mass is 10.0. The highest BCUT2D eigenvalue weighted by Gasteiger charge is 2.26. The molecule has 1 aromatic carbocycles. The Morgan fingerprint density at radius 1 is 1.17 bits per heavy atom. The number of likely N-dealkylation sites (N-methyl/N-ethyl adjacent to an activating group) is 1. The van der Waals surface area contributed by atoms with Crippen LogP contribution in [0.2, 0.25) is 0 Å². The van der Waals surface area contributed by atoms with E-state index in [1.165, 1.54) is 11.3 Å². The van der Waals surface area contributed by atoms with Crippen LogP contribution < -0.4 is 10.1 Å². The number of hydrogen-bond donors (Lipinski definition) is 1. The minimum atomic E-state index is -0.592. The molecule has 7 heteroatoms. The van der Waals surface area contributed by atoms with Crippen molar-refractivity contribution >= 4 is 12.0 Å². The lowest BCUT2D eigenvalue weighted by molar-refractivity contribution is -0.122. The van der Waals surface area contributed by atoms with Gasteiger partial charge in [-0.15, -0.1) is 0 Å². The first-order valence-electron chi connectivity index (χ1n) is 10.3. The largest absolute Gasteiger partial charge is 0.496 e. The van der Waals surface area contributed by atoms with E-state index < -0.39 is 11.7 Å². The molecule has 1 atom stereocenters. The number of methoxy groups -OCH3 is 1. The number of benzene rings is 1. The van der Waals surface area contributed by atoms with Gasteiger partial charge in [0.05, 0.1) is 13.2 Å². The van der Waals surface area contributed by atoms with Crippen LogP contribution >= 0.6 is 0 Å². The molecule has 162 valence electrons. The van der Waals surface area contributed by atoms with Crippen molar-refractivity contribution in [1.82, 2.24) is 15.1 Å². The number of nitrogens with one attached hydrogen (secondary N) is 1. The highest BCUT2D eigenvalue weighted by molar-refractivity contribution is 5.82. The van der Waals surface area contributed by atoms with Gasteiger partial charge in [-0.3, -0.25) is 9.69 Å². The fraction of sp³-hybridized carbons (Fsp3) is 0.636. The molecule has 1 saturated heterocycles. The standard InChI is InChI=1S/C22H35N3O4/c1-22(2,3)29-21(27)24(4)16-20(26)23-15-18(25-13-9-6-10-14-25)17-11-7-8-12-19(17)28-5/h7-8,11-12,18H,6,9-10,13-16H2,1-5H3,(H,23,26). The predicted molar refractivity (Wildman–Crippen MR) is 113 cm³/mol. The molecule has 0 saturated carbocycles. The van der Waals surface area contributed by atoms with Crippen molar-refractivity contribution in [2.24, 2.45) is 0 Å². The summed E-state index contributed by atoms with van der Waals surface area (Å²) in [5.41, 5.74) is 0.475. The summed E-state index contributed by atoms with van der Waals surface area (Å²) in [6.45, 7) is 7.81. The summed E-state index contributed by atoms with van der Waals surface area (Å²) in [6.07, 6.45) is 3.04. The lowest BCUT2D eigenvalue weighted by Gasteiger charge is -2.35. The van der Waals surface area contributed by atoms with E-state index in [1.54, 1.807) is 34.9 Å². The molecule has 1 heterocycles. The normalized spacial score (nSPS) is 16.0. The topological polar surface area (TPSA) is 71.1 Å². The van der Waals surface area contributed by atoms with Crippen molar-refractivity contribution in [1.29, 1.82) is 0 Å². The van der Waals surface area contributed by atoms with Gasteiger partial charge in [0.15, 0.2) is 0 Å². The Hall–Kier alpha value is -2.28. The molecule has 0 aliphatic carbocycles. The zero-order chi connectivity index (χ0) is 21.4. The van der Waals surface area contributed by atoms with Gasteiger partial charge in [0.25, 0.3) is 0 Å². The van der Waals surface area contributed by atoms with E-state index in [4.69, 9.17) is 9.47 Å². The second kappa shape index (κ2) is 10.5. The van der Waals surface area contributed by atoms with Gasteiger partial charge in [-0.05, 0) is 52.8 Å². The van der Waals surface area contributed by atoms with Crippen LogP contribution in [0.15, 0.2) is 24.3 Å². The van der Waals surface area contributed by atoms with Gasteiger partial charge in [0, 0.05) is 19.2 Å². The summed E-state index contributed by atoms with van der Waals surface area (Å²) < 4.78 is 10.9. The van der Waals surface area contributed by atoms with E-state index in [0.717, 1.165) is 37.2 Å². The maximum Gasteiger partial charge on any atom is 0.410 e. The zero-order valence-corrected chi connectivity index (χ0v) is 18.4. The van der Waals surface area contributed by atoms with E-state index in [1.807, 2.05) is 18.2 Å². The number of rotatable bonds is 7. The van der Waals surface area contributed by atoms with E-state index in [-0.39, 0.29) is 18.5 Å². The number of amides is 2. The quantitative estimate of drug-likeness (QED) is 0.754. The van der Waals surface area contributed by atoms with Crippen molar-refractivity contribution in [3.63, 3.8) is 0 Å². The number of nitrogens with zero attached hydrogens (tertiary/aromatic N) is 2. The first-order chi connectivity index (χ1) is 13.7. The highest BCUT2D eigenvalue weighted by Crippen LogP contribution is 2.30. The zero-order valence-electron chi connectivity index (χ0n) is 18.4. The van der Waals surface area contributed by atoms with E-state index in [9.17, 15) is 9.59 Å². The third kappa shape index (κ3) is 7.24. The van der Waals surface area contributed by atoms with Gasteiger partial charge in [-0.25, -0.2) is 4.79 Å². The maximum atomic E-state index is 12.5. The van der Waals surface area contributed by atoms with Crippen LogP contribution in [0.1, 0.15) is 51.6 Å². The molecule has 1 aliphatic heterocycles. The van der Waals surface area contributed by atoms with Crippen LogP contribution in [0.4, 0.5) is 4.79 Å². The van der Waals surface area contributed by atoms with Crippen molar-refractivity contribution in [3.8, 4) is 5.75 Å². The third-order valence-electron chi connectivity index (χ3n) is 4.91. The summed E-state index contributed by atoms with van der Waals surface area (Å²) in [7, 11) is 3.23. The molecule has 7 nitrogen and oxygen atoms in total. The maximum absolute atomic E-state index is 12.5. The molecular weight excluding hydrogens is 370 g/mol. The first kappa shape index (κ1) is 23.0. The van der Waals surface area contributed by atoms with Crippen molar-refractivity contribution in [3.05, 3.63) is 29.8 Å².